The molecule has 0 spiro atoms. The molecule has 25 heavy (non-hydrogen) atoms. The van der Waals surface area contributed by atoms with Crippen LogP contribution in [0, 0.1) is 0 Å². The maximum Gasteiger partial charge on any atom is 0.320 e. The largest absolute Gasteiger partial charge is 0.480 e. The first-order valence-corrected chi connectivity index (χ1v) is 9.84. The number of hydrogen-bond donors (Lipinski definition) is 3. The first kappa shape index (κ1) is 19.5. The molecule has 0 amide bonds. The Morgan fingerprint density at radius 1 is 0.920 bits per heavy atom. The van der Waals surface area contributed by atoms with Gasteiger partial charge in [-0.2, -0.15) is 0 Å². The van der Waals surface area contributed by atoms with Crippen molar-refractivity contribution in [2.24, 2.45) is 11.5 Å². The molecule has 2 rings (SSSR count). The Balaban J connectivity index is 1.86. The van der Waals surface area contributed by atoms with Crippen LogP contribution in [-0.4, -0.2) is 29.4 Å². The van der Waals surface area contributed by atoms with E-state index < -0.39 is 18.1 Å². The Morgan fingerprint density at radius 3 is 1.76 bits per heavy atom. The van der Waals surface area contributed by atoms with Crippen molar-refractivity contribution in [1.29, 1.82) is 0 Å². The van der Waals surface area contributed by atoms with Crippen molar-refractivity contribution < 1.29 is 14.7 Å². The standard InChI is InChI=1S/C18H20N2O3S2/c19-14(11-21)9-12-1-5-15(6-2-12)24-25-16-7-3-13(4-8-16)10-17(20)18(22)23/h1-8,11,14,17H,9-10,19-20H2,(H,22,23). The number of aldehydes is 1. The summed E-state index contributed by atoms with van der Waals surface area (Å²) < 4.78 is 0. The maximum atomic E-state index is 10.8. The number of carbonyl (C=O) groups excluding carboxylic acids is 1. The molecule has 0 radical (unpaired) electrons. The zero-order valence-corrected chi connectivity index (χ0v) is 15.1. The van der Waals surface area contributed by atoms with E-state index in [-0.39, 0.29) is 0 Å². The van der Waals surface area contributed by atoms with Gasteiger partial charge >= 0.3 is 5.97 Å². The number of carboxylic acid groups (broad SMARTS) is 1. The highest BCUT2D eigenvalue weighted by Gasteiger charge is 2.11. The van der Waals surface area contributed by atoms with Crippen molar-refractivity contribution in [1.82, 2.24) is 0 Å². The summed E-state index contributed by atoms with van der Waals surface area (Å²) in [6, 6.07) is 14.3. The van der Waals surface area contributed by atoms with Crippen LogP contribution in [-0.2, 0) is 22.4 Å². The fourth-order valence-electron chi connectivity index (χ4n) is 2.12. The minimum absolute atomic E-state index is 0.317. The fraction of sp³-hybridized carbons (Fsp3) is 0.222. The molecule has 2 unspecified atom stereocenters. The number of aliphatic carboxylic acids is 1. The number of hydrogen-bond acceptors (Lipinski definition) is 6. The van der Waals surface area contributed by atoms with E-state index in [0.29, 0.717) is 12.8 Å². The highest BCUT2D eigenvalue weighted by molar-refractivity contribution is 8.76. The van der Waals surface area contributed by atoms with E-state index in [1.165, 1.54) is 0 Å². The van der Waals surface area contributed by atoms with Crippen molar-refractivity contribution in [3.8, 4) is 0 Å². The van der Waals surface area contributed by atoms with Gasteiger partial charge in [-0.3, -0.25) is 4.79 Å². The molecule has 5 N–H and O–H groups in total. The molecule has 0 aliphatic rings. The average molecular weight is 377 g/mol. The minimum Gasteiger partial charge on any atom is -0.480 e. The van der Waals surface area contributed by atoms with Gasteiger partial charge < -0.3 is 21.4 Å². The summed E-state index contributed by atoms with van der Waals surface area (Å²) in [4.78, 5) is 23.5. The molecule has 2 atom stereocenters. The zero-order chi connectivity index (χ0) is 18.2. The Bertz CT molecular complexity index is 705. The Kier molecular flexibility index (Phi) is 7.52. The first-order valence-electron chi connectivity index (χ1n) is 7.69. The molecule has 0 saturated heterocycles. The van der Waals surface area contributed by atoms with Crippen molar-refractivity contribution >= 4 is 33.8 Å². The van der Waals surface area contributed by atoms with Gasteiger partial charge in [0.25, 0.3) is 0 Å². The molecule has 0 heterocycles. The molecule has 0 fully saturated rings. The lowest BCUT2D eigenvalue weighted by Gasteiger charge is -2.08. The minimum atomic E-state index is -0.994. The van der Waals surface area contributed by atoms with Crippen LogP contribution in [0.5, 0.6) is 0 Å². The second kappa shape index (κ2) is 9.62. The van der Waals surface area contributed by atoms with Crippen molar-refractivity contribution in [3.05, 3.63) is 59.7 Å². The number of nitrogens with two attached hydrogens (primary N) is 2. The molecular weight excluding hydrogens is 356 g/mol. The summed E-state index contributed by atoms with van der Waals surface area (Å²) in [5.74, 6) is -0.994. The molecule has 5 nitrogen and oxygen atoms in total. The van der Waals surface area contributed by atoms with Crippen molar-refractivity contribution in [3.63, 3.8) is 0 Å². The second-order valence-corrected chi connectivity index (χ2v) is 7.88. The number of benzene rings is 2. The smallest absolute Gasteiger partial charge is 0.320 e. The predicted octanol–water partition coefficient (Wildman–Crippen LogP) is 2.51. The topological polar surface area (TPSA) is 106 Å². The van der Waals surface area contributed by atoms with Gasteiger partial charge in [-0.05, 0) is 48.2 Å². The van der Waals surface area contributed by atoms with Gasteiger partial charge in [-0.15, -0.1) is 0 Å². The van der Waals surface area contributed by atoms with E-state index in [9.17, 15) is 9.59 Å². The van der Waals surface area contributed by atoms with E-state index in [2.05, 4.69) is 0 Å². The lowest BCUT2D eigenvalue weighted by Crippen LogP contribution is -2.32. The molecule has 7 heteroatoms. The second-order valence-electron chi connectivity index (χ2n) is 5.61. The molecule has 0 aromatic heterocycles. The summed E-state index contributed by atoms with van der Waals surface area (Å²) in [6.45, 7) is 0. The van der Waals surface area contributed by atoms with E-state index in [4.69, 9.17) is 16.6 Å². The highest BCUT2D eigenvalue weighted by Crippen LogP contribution is 2.37. The van der Waals surface area contributed by atoms with Crippen molar-refractivity contribution in [2.75, 3.05) is 0 Å². The lowest BCUT2D eigenvalue weighted by molar-refractivity contribution is -0.138. The van der Waals surface area contributed by atoms with Gasteiger partial charge in [0.05, 0.1) is 6.04 Å². The van der Waals surface area contributed by atoms with E-state index in [0.717, 1.165) is 27.2 Å². The molecular formula is C18H20N2O3S2. The summed E-state index contributed by atoms with van der Waals surface area (Å²) >= 11 is 0. The molecule has 0 aliphatic heterocycles. The third-order valence-corrected chi connectivity index (χ3v) is 5.92. The van der Waals surface area contributed by atoms with E-state index in [1.807, 2.05) is 48.5 Å². The monoisotopic (exact) mass is 376 g/mol. The molecule has 2 aromatic rings. The lowest BCUT2D eigenvalue weighted by atomic mass is 10.1. The highest BCUT2D eigenvalue weighted by atomic mass is 33.1. The number of carboxylic acids is 1. The average Bonchev–Trinajstić information content (AvgIpc) is 2.62. The van der Waals surface area contributed by atoms with Gasteiger partial charge in [-0.25, -0.2) is 0 Å². The van der Waals surface area contributed by atoms with Crippen LogP contribution in [0.25, 0.3) is 0 Å². The van der Waals surface area contributed by atoms with Gasteiger partial charge in [0.2, 0.25) is 0 Å². The van der Waals surface area contributed by atoms with Crippen molar-refractivity contribution in [2.45, 2.75) is 34.7 Å². The SMILES string of the molecule is NC(C=O)Cc1ccc(SSc2ccc(CC(N)C(=O)O)cc2)cc1. The Morgan fingerprint density at radius 2 is 1.36 bits per heavy atom. The third-order valence-electron chi connectivity index (χ3n) is 3.50. The molecule has 0 saturated carbocycles. The quantitative estimate of drug-likeness (QED) is 0.456. The van der Waals surface area contributed by atoms with E-state index in [1.54, 1.807) is 21.6 Å². The first-order chi connectivity index (χ1) is 12.0. The van der Waals surface area contributed by atoms with Crippen LogP contribution in [0.15, 0.2) is 58.3 Å². The molecule has 0 aliphatic carbocycles. The van der Waals surface area contributed by atoms with E-state index >= 15 is 0 Å². The van der Waals surface area contributed by atoms with Gasteiger partial charge in [0.15, 0.2) is 0 Å². The summed E-state index contributed by atoms with van der Waals surface area (Å²) in [7, 11) is 3.25. The van der Waals surface area contributed by atoms with Gasteiger partial charge in [0, 0.05) is 9.79 Å². The van der Waals surface area contributed by atoms with Crippen LogP contribution >= 0.6 is 21.6 Å². The Labute approximate surface area is 154 Å². The van der Waals surface area contributed by atoms with Crippen LogP contribution in [0.1, 0.15) is 11.1 Å². The molecule has 0 bridgehead atoms. The van der Waals surface area contributed by atoms with Crippen LogP contribution in [0.4, 0.5) is 0 Å². The fourth-order valence-corrected chi connectivity index (χ4v) is 4.05. The zero-order valence-electron chi connectivity index (χ0n) is 13.5. The van der Waals surface area contributed by atoms with Crippen LogP contribution < -0.4 is 11.5 Å². The molecule has 2 aromatic carbocycles. The van der Waals surface area contributed by atoms with Gasteiger partial charge in [0.1, 0.15) is 12.3 Å². The van der Waals surface area contributed by atoms with Crippen LogP contribution in [0.2, 0.25) is 0 Å². The van der Waals surface area contributed by atoms with Gasteiger partial charge in [-0.1, -0.05) is 45.9 Å². The summed E-state index contributed by atoms with van der Waals surface area (Å²) in [5, 5.41) is 8.83. The maximum absolute atomic E-state index is 10.8. The molecule has 132 valence electrons. The van der Waals surface area contributed by atoms with Crippen LogP contribution in [0.3, 0.4) is 0 Å². The number of rotatable bonds is 9. The summed E-state index contributed by atoms with van der Waals surface area (Å²) in [6.07, 6.45) is 1.62. The predicted molar refractivity (Wildman–Crippen MR) is 102 cm³/mol. The normalized spacial score (nSPS) is 13.2. The number of carbonyl (C=O) groups is 2. The summed E-state index contributed by atoms with van der Waals surface area (Å²) in [5.41, 5.74) is 13.1. The third kappa shape index (κ3) is 6.55. The Hall–Kier alpha value is -1.80.